The molecular formula is C11H14F3NO2. The van der Waals surface area contributed by atoms with Gasteiger partial charge < -0.3 is 15.2 Å². The fourth-order valence-corrected chi connectivity index (χ4v) is 1.27. The Balaban J connectivity index is 2.41. The average molecular weight is 249 g/mol. The lowest BCUT2D eigenvalue weighted by atomic mass is 10.1. The van der Waals surface area contributed by atoms with E-state index in [0.717, 1.165) is 5.56 Å². The summed E-state index contributed by atoms with van der Waals surface area (Å²) in [6, 6.07) is 7.03. The average Bonchev–Trinajstić information content (AvgIpc) is 2.25. The summed E-state index contributed by atoms with van der Waals surface area (Å²) in [6.07, 6.45) is -3.73. The van der Waals surface area contributed by atoms with Crippen LogP contribution in [0.25, 0.3) is 0 Å². The quantitative estimate of drug-likeness (QED) is 0.620. The molecule has 0 fully saturated rings. The summed E-state index contributed by atoms with van der Waals surface area (Å²) in [5.41, 5.74) is 6.26. The molecule has 0 aliphatic rings. The van der Waals surface area contributed by atoms with Gasteiger partial charge in [0.15, 0.2) is 6.79 Å². The molecule has 0 aliphatic heterocycles. The minimum atomic E-state index is -4.33. The number of hydrogen-bond acceptors (Lipinski definition) is 3. The zero-order valence-electron chi connectivity index (χ0n) is 9.17. The molecule has 0 atom stereocenters. The highest BCUT2D eigenvalue weighted by atomic mass is 19.4. The number of rotatable bonds is 6. The van der Waals surface area contributed by atoms with E-state index in [1.54, 1.807) is 12.1 Å². The molecule has 0 saturated heterocycles. The highest BCUT2D eigenvalue weighted by molar-refractivity contribution is 5.33. The first-order valence-corrected chi connectivity index (χ1v) is 5.08. The van der Waals surface area contributed by atoms with Crippen LogP contribution < -0.4 is 10.5 Å². The Kier molecular flexibility index (Phi) is 5.24. The van der Waals surface area contributed by atoms with Crippen LogP contribution in [0.3, 0.4) is 0 Å². The predicted octanol–water partition coefficient (Wildman–Crippen LogP) is 2.10. The maximum atomic E-state index is 11.8. The van der Waals surface area contributed by atoms with Crippen LogP contribution in [0.2, 0.25) is 0 Å². The third kappa shape index (κ3) is 5.55. The van der Waals surface area contributed by atoms with E-state index in [-0.39, 0.29) is 0 Å². The number of para-hydroxylation sites is 1. The maximum absolute atomic E-state index is 11.8. The van der Waals surface area contributed by atoms with Crippen molar-refractivity contribution in [3.05, 3.63) is 29.8 Å². The first-order chi connectivity index (χ1) is 8.03. The fraction of sp³-hybridized carbons (Fsp3) is 0.455. The lowest BCUT2D eigenvalue weighted by molar-refractivity contribution is -0.186. The summed E-state index contributed by atoms with van der Waals surface area (Å²) < 4.78 is 44.8. The van der Waals surface area contributed by atoms with Gasteiger partial charge in [0.05, 0.1) is 0 Å². The van der Waals surface area contributed by atoms with Crippen LogP contribution in [0, 0.1) is 0 Å². The van der Waals surface area contributed by atoms with E-state index in [1.807, 2.05) is 12.1 Å². The van der Waals surface area contributed by atoms with Crippen molar-refractivity contribution in [1.29, 1.82) is 0 Å². The molecule has 6 heteroatoms. The van der Waals surface area contributed by atoms with E-state index in [2.05, 4.69) is 4.74 Å². The van der Waals surface area contributed by atoms with Gasteiger partial charge in [0.25, 0.3) is 0 Å². The highest BCUT2D eigenvalue weighted by Crippen LogP contribution is 2.19. The first kappa shape index (κ1) is 13.8. The molecule has 0 aliphatic carbocycles. The van der Waals surface area contributed by atoms with E-state index in [4.69, 9.17) is 10.5 Å². The number of nitrogens with two attached hydrogens (primary N) is 1. The van der Waals surface area contributed by atoms with E-state index < -0.39 is 19.6 Å². The third-order valence-electron chi connectivity index (χ3n) is 1.95. The third-order valence-corrected chi connectivity index (χ3v) is 1.95. The van der Waals surface area contributed by atoms with Crippen LogP contribution >= 0.6 is 0 Å². The van der Waals surface area contributed by atoms with Crippen molar-refractivity contribution in [3.8, 4) is 5.75 Å². The number of hydrogen-bond donors (Lipinski definition) is 1. The summed E-state index contributed by atoms with van der Waals surface area (Å²) in [6.45, 7) is -1.29. The molecule has 0 amide bonds. The second kappa shape index (κ2) is 6.46. The van der Waals surface area contributed by atoms with Gasteiger partial charge in [-0.15, -0.1) is 0 Å². The van der Waals surface area contributed by atoms with Gasteiger partial charge in [0, 0.05) is 0 Å². The molecule has 0 radical (unpaired) electrons. The number of benzene rings is 1. The van der Waals surface area contributed by atoms with Crippen molar-refractivity contribution < 1.29 is 22.6 Å². The fourth-order valence-electron chi connectivity index (χ4n) is 1.27. The lowest BCUT2D eigenvalue weighted by Crippen LogP contribution is -2.19. The molecule has 0 bridgehead atoms. The molecule has 1 aromatic rings. The van der Waals surface area contributed by atoms with Gasteiger partial charge in [-0.1, -0.05) is 18.2 Å². The van der Waals surface area contributed by atoms with Crippen molar-refractivity contribution in [1.82, 2.24) is 0 Å². The summed E-state index contributed by atoms with van der Waals surface area (Å²) in [7, 11) is 0. The van der Waals surface area contributed by atoms with Gasteiger partial charge >= 0.3 is 6.18 Å². The van der Waals surface area contributed by atoms with Crippen LogP contribution in [-0.4, -0.2) is 26.1 Å². The molecule has 0 saturated carbocycles. The molecular weight excluding hydrogens is 235 g/mol. The second-order valence-electron chi connectivity index (χ2n) is 3.37. The zero-order valence-corrected chi connectivity index (χ0v) is 9.17. The van der Waals surface area contributed by atoms with E-state index >= 15 is 0 Å². The van der Waals surface area contributed by atoms with Crippen molar-refractivity contribution >= 4 is 0 Å². The Morgan fingerprint density at radius 1 is 1.18 bits per heavy atom. The van der Waals surface area contributed by atoms with Gasteiger partial charge in [0.1, 0.15) is 12.4 Å². The monoisotopic (exact) mass is 249 g/mol. The van der Waals surface area contributed by atoms with Crippen molar-refractivity contribution in [2.75, 3.05) is 19.9 Å². The van der Waals surface area contributed by atoms with Gasteiger partial charge in [0.2, 0.25) is 0 Å². The summed E-state index contributed by atoms with van der Waals surface area (Å²) in [4.78, 5) is 0. The van der Waals surface area contributed by atoms with Gasteiger partial charge in [-0.2, -0.15) is 13.2 Å². The van der Waals surface area contributed by atoms with Crippen molar-refractivity contribution in [3.63, 3.8) is 0 Å². The Morgan fingerprint density at radius 3 is 2.53 bits per heavy atom. The molecule has 0 heterocycles. The first-order valence-electron chi connectivity index (χ1n) is 5.08. The van der Waals surface area contributed by atoms with Crippen LogP contribution in [0.1, 0.15) is 5.56 Å². The van der Waals surface area contributed by atoms with Gasteiger partial charge in [-0.25, -0.2) is 0 Å². The minimum absolute atomic E-state index is 0.429. The van der Waals surface area contributed by atoms with Crippen LogP contribution in [0.5, 0.6) is 5.75 Å². The zero-order chi connectivity index (χ0) is 12.7. The van der Waals surface area contributed by atoms with E-state index in [1.165, 1.54) is 0 Å². The second-order valence-corrected chi connectivity index (χ2v) is 3.37. The normalized spacial score (nSPS) is 11.5. The predicted molar refractivity (Wildman–Crippen MR) is 56.7 cm³/mol. The van der Waals surface area contributed by atoms with Crippen LogP contribution in [-0.2, 0) is 11.2 Å². The van der Waals surface area contributed by atoms with E-state index in [0.29, 0.717) is 18.7 Å². The summed E-state index contributed by atoms with van der Waals surface area (Å²) >= 11 is 0. The Labute approximate surface area is 97.3 Å². The summed E-state index contributed by atoms with van der Waals surface area (Å²) in [5.74, 6) is 0.500. The lowest BCUT2D eigenvalue weighted by Gasteiger charge is -2.12. The molecule has 17 heavy (non-hydrogen) atoms. The molecule has 96 valence electrons. The topological polar surface area (TPSA) is 44.5 Å². The van der Waals surface area contributed by atoms with Crippen LogP contribution in [0.4, 0.5) is 13.2 Å². The molecule has 0 aromatic heterocycles. The number of halogens is 3. The van der Waals surface area contributed by atoms with Crippen LogP contribution in [0.15, 0.2) is 24.3 Å². The largest absolute Gasteiger partial charge is 0.467 e. The standard InChI is InChI=1S/C11H14F3NO2/c12-11(13,14)7-16-8-17-10-4-2-1-3-9(10)5-6-15/h1-4H,5-8,15H2. The van der Waals surface area contributed by atoms with Crippen molar-refractivity contribution in [2.45, 2.75) is 12.6 Å². The SMILES string of the molecule is NCCc1ccccc1OCOCC(F)(F)F. The van der Waals surface area contributed by atoms with Crippen molar-refractivity contribution in [2.24, 2.45) is 5.73 Å². The Morgan fingerprint density at radius 2 is 1.88 bits per heavy atom. The number of ether oxygens (including phenoxy) is 2. The molecule has 1 rings (SSSR count). The Bertz CT molecular complexity index is 342. The molecule has 1 aromatic carbocycles. The highest BCUT2D eigenvalue weighted by Gasteiger charge is 2.27. The molecule has 2 N–H and O–H groups in total. The Hall–Kier alpha value is -1.27. The summed E-state index contributed by atoms with van der Waals surface area (Å²) in [5, 5.41) is 0. The van der Waals surface area contributed by atoms with Gasteiger partial charge in [-0.05, 0) is 24.6 Å². The maximum Gasteiger partial charge on any atom is 0.411 e. The van der Waals surface area contributed by atoms with Gasteiger partial charge in [-0.3, -0.25) is 0 Å². The van der Waals surface area contributed by atoms with E-state index in [9.17, 15) is 13.2 Å². The minimum Gasteiger partial charge on any atom is -0.467 e. The molecule has 0 spiro atoms. The smallest absolute Gasteiger partial charge is 0.411 e. The molecule has 3 nitrogen and oxygen atoms in total. The number of alkyl halides is 3. The molecule has 0 unspecified atom stereocenters.